The summed E-state index contributed by atoms with van der Waals surface area (Å²) in [4.78, 5) is 39.2. The van der Waals surface area contributed by atoms with E-state index in [9.17, 15) is 14.9 Å². The van der Waals surface area contributed by atoms with E-state index >= 15 is 0 Å². The van der Waals surface area contributed by atoms with Gasteiger partial charge >= 0.3 is 0 Å². The molecule has 0 aliphatic carbocycles. The average molecular weight is 466 g/mol. The van der Waals surface area contributed by atoms with E-state index < -0.39 is 4.92 Å². The molecule has 0 spiro atoms. The zero-order valence-corrected chi connectivity index (χ0v) is 18.8. The lowest BCUT2D eigenvalue weighted by Gasteiger charge is -2.23. The lowest BCUT2D eigenvalue weighted by molar-refractivity contribution is -0.387. The number of imidazole rings is 1. The number of carbonyl (C=O) groups excluding carboxylic acids is 1. The number of thiazole rings is 1. The summed E-state index contributed by atoms with van der Waals surface area (Å²) < 4.78 is 0.731. The molecule has 5 rings (SSSR count). The molecule has 1 atom stereocenters. The number of rotatable bonds is 5. The molecule has 0 radical (unpaired) electrons. The number of hydrogen-bond acceptors (Lipinski definition) is 7. The molecule has 1 fully saturated rings. The van der Waals surface area contributed by atoms with Gasteiger partial charge in [-0.05, 0) is 44.0 Å². The highest BCUT2D eigenvalue weighted by Crippen LogP contribution is 2.38. The van der Waals surface area contributed by atoms with Gasteiger partial charge in [0.25, 0.3) is 11.6 Å². The van der Waals surface area contributed by atoms with Gasteiger partial charge in [-0.25, -0.2) is 9.97 Å². The molecule has 1 N–H and O–H groups in total. The second-order valence-corrected chi connectivity index (χ2v) is 9.74. The van der Waals surface area contributed by atoms with Gasteiger partial charge in [0.2, 0.25) is 0 Å². The third kappa shape index (κ3) is 3.87. The monoisotopic (exact) mass is 465 g/mol. The molecule has 1 aliphatic rings. The Kier molecular flexibility index (Phi) is 5.40. The van der Waals surface area contributed by atoms with Crippen molar-refractivity contribution in [3.05, 3.63) is 75.0 Å². The Bertz CT molecular complexity index is 1300. The van der Waals surface area contributed by atoms with Gasteiger partial charge in [-0.15, -0.1) is 11.3 Å². The van der Waals surface area contributed by atoms with E-state index in [4.69, 9.17) is 0 Å². The number of likely N-dealkylation sites (tertiary alicyclic amines) is 1. The molecular formula is C22H19N5O3S2. The standard InChI is InChI=1S/C22H19N5O3S2/c1-13-12-31-22(23-13)32-19-9-8-14(11-18(19)27(29)30)21(28)26-10-4-7-17(26)20-24-15-5-2-3-6-16(15)25-20/h2-3,5-6,8-9,11-12,17H,4,7,10H2,1H3,(H,24,25). The number of benzene rings is 2. The number of nitro groups is 1. The SMILES string of the molecule is Cc1csc(Sc2ccc(C(=O)N3CCCC3c3nc4ccccc4[nH]3)cc2[N+](=O)[O-])n1. The zero-order chi connectivity index (χ0) is 22.2. The number of para-hydroxylation sites is 2. The van der Waals surface area contributed by atoms with Gasteiger partial charge in [-0.1, -0.05) is 23.9 Å². The molecule has 1 saturated heterocycles. The maximum absolute atomic E-state index is 13.3. The van der Waals surface area contributed by atoms with Gasteiger partial charge in [0, 0.05) is 29.2 Å². The van der Waals surface area contributed by atoms with Crippen LogP contribution in [0.1, 0.15) is 40.8 Å². The molecule has 4 aromatic rings. The van der Waals surface area contributed by atoms with Crippen molar-refractivity contribution in [2.75, 3.05) is 6.54 Å². The highest BCUT2D eigenvalue weighted by Gasteiger charge is 2.33. The van der Waals surface area contributed by atoms with Crippen LogP contribution in [0.4, 0.5) is 5.69 Å². The summed E-state index contributed by atoms with van der Waals surface area (Å²) in [5.74, 6) is 0.524. The summed E-state index contributed by atoms with van der Waals surface area (Å²) >= 11 is 2.68. The zero-order valence-electron chi connectivity index (χ0n) is 17.1. The first-order valence-electron chi connectivity index (χ1n) is 10.1. The van der Waals surface area contributed by atoms with Crippen LogP contribution in [0.15, 0.2) is 57.1 Å². The smallest absolute Gasteiger partial charge is 0.284 e. The van der Waals surface area contributed by atoms with Crippen LogP contribution in [0.25, 0.3) is 11.0 Å². The van der Waals surface area contributed by atoms with Crippen molar-refractivity contribution >= 4 is 45.7 Å². The fourth-order valence-corrected chi connectivity index (χ4v) is 5.82. The van der Waals surface area contributed by atoms with Crippen molar-refractivity contribution < 1.29 is 9.72 Å². The van der Waals surface area contributed by atoms with Crippen LogP contribution in [0, 0.1) is 17.0 Å². The molecule has 3 heterocycles. The second kappa shape index (κ2) is 8.36. The third-order valence-electron chi connectivity index (χ3n) is 5.43. The third-order valence-corrected chi connectivity index (χ3v) is 7.56. The number of fused-ring (bicyclic) bond motifs is 1. The number of aryl methyl sites for hydroxylation is 1. The van der Waals surface area contributed by atoms with Crippen molar-refractivity contribution in [2.24, 2.45) is 0 Å². The number of nitrogens with zero attached hydrogens (tertiary/aromatic N) is 4. The second-order valence-electron chi connectivity index (χ2n) is 7.59. The molecule has 2 aromatic heterocycles. The molecule has 32 heavy (non-hydrogen) atoms. The minimum absolute atomic E-state index is 0.0896. The summed E-state index contributed by atoms with van der Waals surface area (Å²) in [5, 5.41) is 13.6. The van der Waals surface area contributed by atoms with Gasteiger partial charge in [-0.3, -0.25) is 14.9 Å². The average Bonchev–Trinajstić information content (AvgIpc) is 3.52. The first-order chi connectivity index (χ1) is 15.5. The Hall–Kier alpha value is -3.24. The fourth-order valence-electron chi connectivity index (χ4n) is 3.94. The van der Waals surface area contributed by atoms with E-state index in [0.29, 0.717) is 17.0 Å². The lowest BCUT2D eigenvalue weighted by atomic mass is 10.1. The summed E-state index contributed by atoms with van der Waals surface area (Å²) in [7, 11) is 0. The molecular weight excluding hydrogens is 446 g/mol. The van der Waals surface area contributed by atoms with Gasteiger partial charge in [-0.2, -0.15) is 0 Å². The molecule has 2 aromatic carbocycles. The predicted molar refractivity (Wildman–Crippen MR) is 123 cm³/mol. The Morgan fingerprint density at radius 1 is 1.28 bits per heavy atom. The largest absolute Gasteiger partial charge is 0.340 e. The number of aromatic amines is 1. The predicted octanol–water partition coefficient (Wildman–Crippen LogP) is 5.36. The van der Waals surface area contributed by atoms with E-state index in [1.54, 1.807) is 17.0 Å². The highest BCUT2D eigenvalue weighted by atomic mass is 32.2. The Morgan fingerprint density at radius 3 is 2.88 bits per heavy atom. The van der Waals surface area contributed by atoms with Crippen LogP contribution < -0.4 is 0 Å². The maximum atomic E-state index is 13.3. The van der Waals surface area contributed by atoms with E-state index in [-0.39, 0.29) is 17.6 Å². The van der Waals surface area contributed by atoms with Gasteiger partial charge in [0.15, 0.2) is 4.34 Å². The Labute approximate surface area is 191 Å². The number of aromatic nitrogens is 3. The highest BCUT2D eigenvalue weighted by molar-refractivity contribution is 8.01. The van der Waals surface area contributed by atoms with Gasteiger partial charge in [0.1, 0.15) is 5.82 Å². The first kappa shape index (κ1) is 20.7. The fraction of sp³-hybridized carbons (Fsp3) is 0.227. The van der Waals surface area contributed by atoms with Gasteiger partial charge < -0.3 is 9.88 Å². The molecule has 8 nitrogen and oxygen atoms in total. The lowest BCUT2D eigenvalue weighted by Crippen LogP contribution is -2.31. The molecule has 162 valence electrons. The normalized spacial score (nSPS) is 16.0. The molecule has 1 amide bonds. The summed E-state index contributed by atoms with van der Waals surface area (Å²) in [6.07, 6.45) is 1.65. The Morgan fingerprint density at radius 2 is 2.12 bits per heavy atom. The van der Waals surface area contributed by atoms with E-state index in [1.807, 2.05) is 36.6 Å². The molecule has 0 bridgehead atoms. The summed E-state index contributed by atoms with van der Waals surface area (Å²) in [5.41, 5.74) is 2.87. The van der Waals surface area contributed by atoms with Crippen molar-refractivity contribution in [3.63, 3.8) is 0 Å². The number of nitro benzene ring substituents is 1. The van der Waals surface area contributed by atoms with Crippen LogP contribution in [0.2, 0.25) is 0 Å². The van der Waals surface area contributed by atoms with E-state index in [2.05, 4.69) is 15.0 Å². The van der Waals surface area contributed by atoms with Crippen molar-refractivity contribution in [2.45, 2.75) is 35.0 Å². The quantitative estimate of drug-likeness (QED) is 0.314. The molecule has 1 aliphatic heterocycles. The summed E-state index contributed by atoms with van der Waals surface area (Å²) in [6.45, 7) is 2.47. The van der Waals surface area contributed by atoms with Crippen molar-refractivity contribution in [3.8, 4) is 0 Å². The topological polar surface area (TPSA) is 105 Å². The van der Waals surface area contributed by atoms with Crippen LogP contribution in [-0.2, 0) is 0 Å². The van der Waals surface area contributed by atoms with Gasteiger partial charge in [0.05, 0.1) is 26.9 Å². The minimum Gasteiger partial charge on any atom is -0.340 e. The van der Waals surface area contributed by atoms with Crippen LogP contribution in [-0.4, -0.2) is 37.2 Å². The van der Waals surface area contributed by atoms with Crippen molar-refractivity contribution in [1.29, 1.82) is 0 Å². The van der Waals surface area contributed by atoms with Crippen LogP contribution in [0.3, 0.4) is 0 Å². The minimum atomic E-state index is -0.444. The molecule has 10 heteroatoms. The maximum Gasteiger partial charge on any atom is 0.284 e. The number of amides is 1. The number of carbonyl (C=O) groups is 1. The molecule has 0 saturated carbocycles. The number of hydrogen-bond donors (Lipinski definition) is 1. The molecule has 1 unspecified atom stereocenters. The van der Waals surface area contributed by atoms with E-state index in [1.165, 1.54) is 29.2 Å². The van der Waals surface area contributed by atoms with E-state index in [0.717, 1.165) is 39.7 Å². The summed E-state index contributed by atoms with van der Waals surface area (Å²) in [6, 6.07) is 12.2. The number of H-pyrrole nitrogens is 1. The van der Waals surface area contributed by atoms with Crippen LogP contribution in [0.5, 0.6) is 0 Å². The first-order valence-corrected chi connectivity index (χ1v) is 11.8. The number of nitrogens with one attached hydrogen (secondary N) is 1. The Balaban J connectivity index is 1.43. The van der Waals surface area contributed by atoms with Crippen molar-refractivity contribution in [1.82, 2.24) is 19.9 Å². The van der Waals surface area contributed by atoms with Crippen LogP contribution >= 0.6 is 23.1 Å².